The van der Waals surface area contributed by atoms with Crippen LogP contribution in [0, 0.1) is 12.8 Å². The molecule has 0 aliphatic carbocycles. The van der Waals surface area contributed by atoms with Crippen molar-refractivity contribution in [2.24, 2.45) is 13.0 Å². The predicted molar refractivity (Wildman–Crippen MR) is 97.1 cm³/mol. The minimum Gasteiger partial charge on any atom is -0.339 e. The van der Waals surface area contributed by atoms with Crippen molar-refractivity contribution in [1.29, 1.82) is 0 Å². The highest BCUT2D eigenvalue weighted by Crippen LogP contribution is 2.22. The molecule has 6 nitrogen and oxygen atoms in total. The van der Waals surface area contributed by atoms with Crippen molar-refractivity contribution in [3.05, 3.63) is 24.2 Å². The van der Waals surface area contributed by atoms with Crippen molar-refractivity contribution in [1.82, 2.24) is 24.6 Å². The van der Waals surface area contributed by atoms with E-state index in [-0.39, 0.29) is 0 Å². The summed E-state index contributed by atoms with van der Waals surface area (Å²) in [5.41, 5.74) is 3.03. The van der Waals surface area contributed by atoms with Gasteiger partial charge >= 0.3 is 0 Å². The third-order valence-corrected chi connectivity index (χ3v) is 4.43. The Morgan fingerprint density at radius 3 is 2.71 bits per heavy atom. The van der Waals surface area contributed by atoms with E-state index in [1.54, 1.807) is 0 Å². The van der Waals surface area contributed by atoms with Crippen LogP contribution in [-0.4, -0.2) is 57.4 Å². The number of anilines is 1. The Balaban J connectivity index is 1.75. The lowest BCUT2D eigenvalue weighted by Gasteiger charge is -2.23. The molecule has 0 N–H and O–H groups in total. The van der Waals surface area contributed by atoms with E-state index in [4.69, 9.17) is 4.98 Å². The molecular formula is C18H28N6. The number of hydrogen-bond acceptors (Lipinski definition) is 5. The lowest BCUT2D eigenvalue weighted by molar-refractivity contribution is 0.261. The van der Waals surface area contributed by atoms with Crippen LogP contribution in [0.3, 0.4) is 0 Å². The SMILES string of the molecule is Cc1nn(C)cc1-c1ccnc(N2CCCN(CC(C)C)CC2)n1. The van der Waals surface area contributed by atoms with Crippen LogP contribution in [-0.2, 0) is 7.05 Å². The Morgan fingerprint density at radius 1 is 1.17 bits per heavy atom. The number of aryl methyl sites for hydroxylation is 2. The van der Waals surface area contributed by atoms with E-state index < -0.39 is 0 Å². The molecule has 0 bridgehead atoms. The quantitative estimate of drug-likeness (QED) is 0.862. The van der Waals surface area contributed by atoms with Crippen LogP contribution >= 0.6 is 0 Å². The van der Waals surface area contributed by atoms with Crippen LogP contribution in [0.15, 0.2) is 18.5 Å². The second-order valence-electron chi connectivity index (χ2n) is 7.08. The Hall–Kier alpha value is -1.95. The van der Waals surface area contributed by atoms with Crippen molar-refractivity contribution < 1.29 is 0 Å². The van der Waals surface area contributed by atoms with E-state index in [2.05, 4.69) is 33.7 Å². The summed E-state index contributed by atoms with van der Waals surface area (Å²) in [5, 5.41) is 4.42. The number of nitrogens with zero attached hydrogens (tertiary/aromatic N) is 6. The first-order chi connectivity index (χ1) is 11.5. The first-order valence-electron chi connectivity index (χ1n) is 8.84. The molecule has 3 rings (SSSR count). The molecule has 0 radical (unpaired) electrons. The van der Waals surface area contributed by atoms with Gasteiger partial charge in [0, 0.05) is 51.2 Å². The van der Waals surface area contributed by atoms with Crippen LogP contribution in [0.4, 0.5) is 5.95 Å². The maximum atomic E-state index is 4.81. The van der Waals surface area contributed by atoms with E-state index in [9.17, 15) is 0 Å². The van der Waals surface area contributed by atoms with E-state index in [1.165, 1.54) is 6.54 Å². The molecule has 0 spiro atoms. The summed E-state index contributed by atoms with van der Waals surface area (Å²) in [6.45, 7) is 12.0. The van der Waals surface area contributed by atoms with Gasteiger partial charge < -0.3 is 9.80 Å². The molecule has 0 aromatic carbocycles. The van der Waals surface area contributed by atoms with E-state index in [0.29, 0.717) is 5.92 Å². The molecule has 1 fully saturated rings. The van der Waals surface area contributed by atoms with Crippen molar-refractivity contribution in [3.63, 3.8) is 0 Å². The molecule has 130 valence electrons. The largest absolute Gasteiger partial charge is 0.339 e. The van der Waals surface area contributed by atoms with Gasteiger partial charge in [0.2, 0.25) is 5.95 Å². The van der Waals surface area contributed by atoms with Crippen LogP contribution < -0.4 is 4.90 Å². The Labute approximate surface area is 144 Å². The maximum absolute atomic E-state index is 4.81. The smallest absolute Gasteiger partial charge is 0.225 e. The summed E-state index contributed by atoms with van der Waals surface area (Å²) < 4.78 is 1.84. The van der Waals surface area contributed by atoms with Crippen molar-refractivity contribution >= 4 is 5.95 Å². The molecule has 1 aliphatic rings. The van der Waals surface area contributed by atoms with Crippen LogP contribution in [0.2, 0.25) is 0 Å². The lowest BCUT2D eigenvalue weighted by atomic mass is 10.2. The van der Waals surface area contributed by atoms with Gasteiger partial charge in [0.15, 0.2) is 0 Å². The molecular weight excluding hydrogens is 300 g/mol. The van der Waals surface area contributed by atoms with Gasteiger partial charge in [0.05, 0.1) is 11.4 Å². The van der Waals surface area contributed by atoms with Crippen molar-refractivity contribution in [2.75, 3.05) is 37.6 Å². The third kappa shape index (κ3) is 3.93. The molecule has 6 heteroatoms. The summed E-state index contributed by atoms with van der Waals surface area (Å²) in [4.78, 5) is 14.2. The number of rotatable bonds is 4. The topological polar surface area (TPSA) is 50.1 Å². The first-order valence-corrected chi connectivity index (χ1v) is 8.84. The average Bonchev–Trinajstić information content (AvgIpc) is 2.73. The van der Waals surface area contributed by atoms with Crippen molar-refractivity contribution in [3.8, 4) is 11.3 Å². The molecule has 24 heavy (non-hydrogen) atoms. The Kier molecular flexibility index (Phi) is 5.14. The van der Waals surface area contributed by atoms with Gasteiger partial charge in [0.1, 0.15) is 0 Å². The molecule has 0 amide bonds. The molecule has 1 aliphatic heterocycles. The fourth-order valence-electron chi connectivity index (χ4n) is 3.37. The summed E-state index contributed by atoms with van der Waals surface area (Å²) in [6, 6.07) is 1.97. The highest BCUT2D eigenvalue weighted by atomic mass is 15.3. The highest BCUT2D eigenvalue weighted by molar-refractivity contribution is 5.61. The van der Waals surface area contributed by atoms with Crippen molar-refractivity contribution in [2.45, 2.75) is 27.2 Å². The Morgan fingerprint density at radius 2 is 2.00 bits per heavy atom. The lowest BCUT2D eigenvalue weighted by Crippen LogP contribution is -2.33. The summed E-state index contributed by atoms with van der Waals surface area (Å²) in [7, 11) is 1.94. The zero-order chi connectivity index (χ0) is 17.1. The summed E-state index contributed by atoms with van der Waals surface area (Å²) >= 11 is 0. The first kappa shape index (κ1) is 16.9. The monoisotopic (exact) mass is 328 g/mol. The van der Waals surface area contributed by atoms with E-state index >= 15 is 0 Å². The second-order valence-corrected chi connectivity index (χ2v) is 7.08. The minimum absolute atomic E-state index is 0.713. The van der Waals surface area contributed by atoms with Gasteiger partial charge in [-0.05, 0) is 31.9 Å². The fraction of sp³-hybridized carbons (Fsp3) is 0.611. The zero-order valence-electron chi connectivity index (χ0n) is 15.2. The van der Waals surface area contributed by atoms with Gasteiger partial charge in [-0.15, -0.1) is 0 Å². The van der Waals surface area contributed by atoms with Gasteiger partial charge in [-0.1, -0.05) is 13.8 Å². The van der Waals surface area contributed by atoms with E-state index in [0.717, 1.165) is 55.5 Å². The zero-order valence-corrected chi connectivity index (χ0v) is 15.2. The molecule has 0 saturated carbocycles. The maximum Gasteiger partial charge on any atom is 0.225 e. The normalized spacial score (nSPS) is 16.6. The molecule has 0 unspecified atom stereocenters. The summed E-state index contributed by atoms with van der Waals surface area (Å²) in [5.74, 6) is 1.55. The van der Waals surface area contributed by atoms with E-state index in [1.807, 2.05) is 37.1 Å². The molecule has 0 atom stereocenters. The van der Waals surface area contributed by atoms with Crippen LogP contribution in [0.1, 0.15) is 26.0 Å². The second kappa shape index (κ2) is 7.30. The number of hydrogen-bond donors (Lipinski definition) is 0. The molecule has 3 heterocycles. The molecule has 2 aromatic rings. The number of aromatic nitrogens is 4. The van der Waals surface area contributed by atoms with Crippen LogP contribution in [0.5, 0.6) is 0 Å². The van der Waals surface area contributed by atoms with Gasteiger partial charge in [-0.2, -0.15) is 5.10 Å². The van der Waals surface area contributed by atoms with Gasteiger partial charge in [-0.25, -0.2) is 9.97 Å². The van der Waals surface area contributed by atoms with Gasteiger partial charge in [-0.3, -0.25) is 4.68 Å². The fourth-order valence-corrected chi connectivity index (χ4v) is 3.37. The third-order valence-electron chi connectivity index (χ3n) is 4.43. The molecule has 1 saturated heterocycles. The Bertz CT molecular complexity index is 678. The van der Waals surface area contributed by atoms with Crippen LogP contribution in [0.25, 0.3) is 11.3 Å². The summed E-state index contributed by atoms with van der Waals surface area (Å²) in [6.07, 6.45) is 5.04. The molecule has 2 aromatic heterocycles. The average molecular weight is 328 g/mol. The minimum atomic E-state index is 0.713. The standard InChI is InChI=1S/C18H28N6/c1-14(2)12-23-8-5-9-24(11-10-23)18-19-7-6-17(20-18)16-13-22(4)21-15(16)3/h6-7,13-14H,5,8-12H2,1-4H3. The van der Waals surface area contributed by atoms with Gasteiger partial charge in [0.25, 0.3) is 0 Å². The highest BCUT2D eigenvalue weighted by Gasteiger charge is 2.18. The predicted octanol–water partition coefficient (Wildman–Crippen LogP) is 2.35.